The predicted molar refractivity (Wildman–Crippen MR) is 96.8 cm³/mol. The van der Waals surface area contributed by atoms with Crippen molar-refractivity contribution in [1.82, 2.24) is 4.98 Å². The van der Waals surface area contributed by atoms with Gasteiger partial charge in [0.05, 0.1) is 5.52 Å². The van der Waals surface area contributed by atoms with Crippen molar-refractivity contribution in [3.8, 4) is 11.1 Å². The van der Waals surface area contributed by atoms with Crippen molar-refractivity contribution in [1.29, 1.82) is 0 Å². The average molecular weight is 295 g/mol. The molecule has 1 aromatic heterocycles. The number of aromatic nitrogens is 1. The Balaban J connectivity index is 2.04. The molecule has 0 unspecified atom stereocenters. The Morgan fingerprint density at radius 1 is 0.783 bits per heavy atom. The van der Waals surface area contributed by atoms with Gasteiger partial charge in [0.15, 0.2) is 0 Å². The van der Waals surface area contributed by atoms with Crippen LogP contribution in [0.4, 0.5) is 0 Å². The normalized spacial score (nSPS) is 14.9. The molecule has 110 valence electrons. The molecule has 0 spiro atoms. The molecule has 1 heterocycles. The van der Waals surface area contributed by atoms with Crippen molar-refractivity contribution in [2.45, 2.75) is 19.3 Å². The minimum Gasteiger partial charge on any atom is -0.256 e. The second kappa shape index (κ2) is 4.20. The third-order valence-electron chi connectivity index (χ3n) is 5.27. The molecule has 0 saturated heterocycles. The van der Waals surface area contributed by atoms with Crippen molar-refractivity contribution in [2.24, 2.45) is 0 Å². The quantitative estimate of drug-likeness (QED) is 0.379. The Kier molecular flexibility index (Phi) is 2.34. The van der Waals surface area contributed by atoms with Gasteiger partial charge in [0.25, 0.3) is 0 Å². The fourth-order valence-corrected chi connectivity index (χ4v) is 4.22. The summed E-state index contributed by atoms with van der Waals surface area (Å²) in [7, 11) is 0. The summed E-state index contributed by atoms with van der Waals surface area (Å²) in [6.45, 7) is 4.68. The Hall–Kier alpha value is -2.67. The summed E-state index contributed by atoms with van der Waals surface area (Å²) < 4.78 is 0. The van der Waals surface area contributed by atoms with E-state index >= 15 is 0 Å². The Labute approximate surface area is 135 Å². The van der Waals surface area contributed by atoms with Gasteiger partial charge in [-0.1, -0.05) is 68.4 Å². The number of hydrogen-bond donors (Lipinski definition) is 0. The maximum absolute atomic E-state index is 4.63. The molecule has 23 heavy (non-hydrogen) atoms. The Morgan fingerprint density at radius 3 is 2.48 bits per heavy atom. The minimum atomic E-state index is 0.00949. The van der Waals surface area contributed by atoms with Crippen LogP contribution in [0, 0.1) is 0 Å². The number of benzene rings is 3. The monoisotopic (exact) mass is 295 g/mol. The minimum absolute atomic E-state index is 0.00949. The van der Waals surface area contributed by atoms with E-state index in [0.717, 1.165) is 5.52 Å². The molecule has 5 rings (SSSR count). The first-order chi connectivity index (χ1) is 11.2. The molecule has 0 N–H and O–H groups in total. The smallest absolute Gasteiger partial charge is 0.0708 e. The van der Waals surface area contributed by atoms with E-state index in [-0.39, 0.29) is 5.41 Å². The molecule has 0 atom stereocenters. The molecule has 0 amide bonds. The average Bonchev–Trinajstić information content (AvgIpc) is 2.83. The number of pyridine rings is 1. The van der Waals surface area contributed by atoms with Crippen molar-refractivity contribution < 1.29 is 0 Å². The van der Waals surface area contributed by atoms with Crippen LogP contribution < -0.4 is 0 Å². The summed E-state index contributed by atoms with van der Waals surface area (Å²) in [6, 6.07) is 21.7. The van der Waals surface area contributed by atoms with Crippen molar-refractivity contribution >= 4 is 21.7 Å². The highest BCUT2D eigenvalue weighted by Gasteiger charge is 2.36. The Bertz CT molecular complexity index is 1090. The fraction of sp³-hybridized carbons (Fsp3) is 0.136. The lowest BCUT2D eigenvalue weighted by atomic mass is 9.80. The molecule has 0 radical (unpaired) electrons. The zero-order valence-corrected chi connectivity index (χ0v) is 13.3. The molecule has 0 fully saturated rings. The van der Waals surface area contributed by atoms with E-state index < -0.39 is 0 Å². The first kappa shape index (κ1) is 12.8. The molecule has 1 nitrogen and oxygen atoms in total. The van der Waals surface area contributed by atoms with Crippen LogP contribution in [0.2, 0.25) is 0 Å². The molecular weight excluding hydrogens is 278 g/mol. The predicted octanol–water partition coefficient (Wildman–Crippen LogP) is 5.69. The van der Waals surface area contributed by atoms with E-state index in [1.165, 1.54) is 38.4 Å². The summed E-state index contributed by atoms with van der Waals surface area (Å²) in [5.41, 5.74) is 6.68. The summed E-state index contributed by atoms with van der Waals surface area (Å²) in [4.78, 5) is 4.63. The second-order valence-corrected chi connectivity index (χ2v) is 6.90. The van der Waals surface area contributed by atoms with E-state index in [2.05, 4.69) is 79.5 Å². The van der Waals surface area contributed by atoms with Crippen LogP contribution in [0.25, 0.3) is 32.8 Å². The SMILES string of the molecule is CC1(C)c2ccccc2-c2ccc3cnc4ccccc4c3c21. The molecule has 4 aromatic rings. The lowest BCUT2D eigenvalue weighted by molar-refractivity contribution is 0.666. The van der Waals surface area contributed by atoms with Gasteiger partial charge < -0.3 is 0 Å². The van der Waals surface area contributed by atoms with Crippen LogP contribution in [-0.4, -0.2) is 4.98 Å². The van der Waals surface area contributed by atoms with Crippen molar-refractivity contribution in [2.75, 3.05) is 0 Å². The van der Waals surface area contributed by atoms with Crippen molar-refractivity contribution in [3.05, 3.63) is 78.0 Å². The van der Waals surface area contributed by atoms with Gasteiger partial charge in [0.1, 0.15) is 0 Å². The largest absolute Gasteiger partial charge is 0.256 e. The molecule has 0 bridgehead atoms. The number of hydrogen-bond acceptors (Lipinski definition) is 1. The van der Waals surface area contributed by atoms with Crippen LogP contribution in [0.5, 0.6) is 0 Å². The van der Waals surface area contributed by atoms with Crippen LogP contribution in [0.3, 0.4) is 0 Å². The molecule has 3 aromatic carbocycles. The summed E-state index contributed by atoms with van der Waals surface area (Å²) in [5, 5.41) is 3.83. The van der Waals surface area contributed by atoms with E-state index in [1.807, 2.05) is 6.20 Å². The van der Waals surface area contributed by atoms with Crippen molar-refractivity contribution in [3.63, 3.8) is 0 Å². The molecule has 0 aliphatic heterocycles. The van der Waals surface area contributed by atoms with Gasteiger partial charge in [-0.15, -0.1) is 0 Å². The van der Waals surface area contributed by atoms with E-state index in [4.69, 9.17) is 0 Å². The lowest BCUT2D eigenvalue weighted by Crippen LogP contribution is -2.15. The highest BCUT2D eigenvalue weighted by atomic mass is 14.6. The van der Waals surface area contributed by atoms with E-state index in [1.54, 1.807) is 0 Å². The van der Waals surface area contributed by atoms with Gasteiger partial charge in [-0.25, -0.2) is 0 Å². The van der Waals surface area contributed by atoms with E-state index in [9.17, 15) is 0 Å². The standard InChI is InChI=1S/C22H17N/c1-22(2)18-9-5-3-7-15(18)16-12-11-14-13-23-19-10-6-4-8-17(19)20(14)21(16)22/h3-13H,1-2H3. The van der Waals surface area contributed by atoms with Gasteiger partial charge in [0, 0.05) is 22.4 Å². The Morgan fingerprint density at radius 2 is 1.57 bits per heavy atom. The van der Waals surface area contributed by atoms with Gasteiger partial charge in [-0.3, -0.25) is 4.98 Å². The zero-order chi connectivity index (χ0) is 15.6. The first-order valence-corrected chi connectivity index (χ1v) is 8.09. The fourth-order valence-electron chi connectivity index (χ4n) is 4.22. The van der Waals surface area contributed by atoms with Crippen LogP contribution >= 0.6 is 0 Å². The maximum atomic E-state index is 4.63. The number of fused-ring (bicyclic) bond motifs is 7. The number of rotatable bonds is 0. The van der Waals surface area contributed by atoms with Gasteiger partial charge in [-0.05, 0) is 33.7 Å². The molecule has 1 aliphatic carbocycles. The summed E-state index contributed by atoms with van der Waals surface area (Å²) >= 11 is 0. The first-order valence-electron chi connectivity index (χ1n) is 8.09. The van der Waals surface area contributed by atoms with Gasteiger partial charge in [-0.2, -0.15) is 0 Å². The molecule has 1 heteroatoms. The highest BCUT2D eigenvalue weighted by Crippen LogP contribution is 2.51. The third kappa shape index (κ3) is 1.54. The van der Waals surface area contributed by atoms with Crippen LogP contribution in [0.1, 0.15) is 25.0 Å². The van der Waals surface area contributed by atoms with Gasteiger partial charge in [0.2, 0.25) is 0 Å². The number of para-hydroxylation sites is 1. The molecule has 1 aliphatic rings. The van der Waals surface area contributed by atoms with Crippen LogP contribution in [0.15, 0.2) is 66.9 Å². The maximum Gasteiger partial charge on any atom is 0.0708 e. The third-order valence-corrected chi connectivity index (χ3v) is 5.27. The second-order valence-electron chi connectivity index (χ2n) is 6.90. The topological polar surface area (TPSA) is 12.9 Å². The van der Waals surface area contributed by atoms with Gasteiger partial charge >= 0.3 is 0 Å². The summed E-state index contributed by atoms with van der Waals surface area (Å²) in [5.74, 6) is 0. The zero-order valence-electron chi connectivity index (χ0n) is 13.3. The highest BCUT2D eigenvalue weighted by molar-refractivity contribution is 6.11. The molecule has 0 saturated carbocycles. The number of nitrogens with zero attached hydrogens (tertiary/aromatic N) is 1. The molecular formula is C22H17N. The summed E-state index contributed by atoms with van der Waals surface area (Å²) in [6.07, 6.45) is 2.01. The van der Waals surface area contributed by atoms with E-state index in [0.29, 0.717) is 0 Å². The lowest BCUT2D eigenvalue weighted by Gasteiger charge is -2.23. The van der Waals surface area contributed by atoms with Crippen LogP contribution in [-0.2, 0) is 5.41 Å².